The Hall–Kier alpha value is -0.120. The van der Waals surface area contributed by atoms with Crippen LogP contribution >= 0.6 is 0 Å². The summed E-state index contributed by atoms with van der Waals surface area (Å²) in [6, 6.07) is 0. The molecule has 0 aromatic heterocycles. The van der Waals surface area contributed by atoms with E-state index in [0.29, 0.717) is 5.92 Å². The topological polar surface area (TPSA) is 52.4 Å². The van der Waals surface area contributed by atoms with Crippen LogP contribution in [-0.4, -0.2) is 28.7 Å². The molecule has 2 fully saturated rings. The number of aliphatic hydroxyl groups excluding tert-OH is 1. The highest BCUT2D eigenvalue weighted by Crippen LogP contribution is 2.38. The molecular weight excluding hydrogens is 132 g/mol. The van der Waals surface area contributed by atoms with E-state index in [4.69, 9.17) is 9.84 Å². The van der Waals surface area contributed by atoms with Gasteiger partial charge in [0.15, 0.2) is 0 Å². The van der Waals surface area contributed by atoms with E-state index in [2.05, 4.69) is 0 Å². The molecule has 4 unspecified atom stereocenters. The zero-order valence-electron chi connectivity index (χ0n) is 5.79. The summed E-state index contributed by atoms with van der Waals surface area (Å²) in [6.45, 7) is 0. The van der Waals surface area contributed by atoms with E-state index in [1.807, 2.05) is 0 Å². The third-order valence-corrected chi connectivity index (χ3v) is 2.52. The molecule has 10 heavy (non-hydrogen) atoms. The van der Waals surface area contributed by atoms with Crippen LogP contribution in [0.4, 0.5) is 0 Å². The molecule has 3 heteroatoms. The minimum Gasteiger partial charge on any atom is -0.421 e. The van der Waals surface area contributed by atoms with Gasteiger partial charge in [-0.3, -0.25) is 0 Å². The Bertz CT molecular complexity index is 137. The number of aliphatic hydroxyl groups is 1. The lowest BCUT2D eigenvalue weighted by Gasteiger charge is -2.10. The second-order valence-electron chi connectivity index (χ2n) is 3.23. The van der Waals surface area contributed by atoms with Crippen molar-refractivity contribution < 1.29 is 14.9 Å². The molecule has 58 valence electrons. The van der Waals surface area contributed by atoms with Gasteiger partial charge in [-0.2, -0.15) is 0 Å². The van der Waals surface area contributed by atoms with Gasteiger partial charge in [-0.05, 0) is 18.8 Å². The zero-order valence-corrected chi connectivity index (χ0v) is 5.79. The molecule has 2 aliphatic rings. The summed E-state index contributed by atoms with van der Waals surface area (Å²) in [5, 5.41) is 16.6. The number of ether oxygens (including phenoxy) is 1. The fourth-order valence-electron chi connectivity index (χ4n) is 2.00. The maximum Gasteiger partial charge on any atom is 0.264 e. The first-order chi connectivity index (χ1) is 4.77. The normalized spacial score (nSPS) is 53.4. The fraction of sp³-hybridized carbons (Fsp3) is 1.00. The molecule has 3 N–H and O–H groups in total. The molecule has 1 saturated heterocycles. The minimum absolute atomic E-state index is 0.0116. The summed E-state index contributed by atoms with van der Waals surface area (Å²) in [7, 11) is 0. The van der Waals surface area contributed by atoms with Crippen molar-refractivity contribution in [3.63, 3.8) is 0 Å². The average Bonchev–Trinajstić information content (AvgIpc) is 2.35. The predicted molar refractivity (Wildman–Crippen MR) is 35.6 cm³/mol. The van der Waals surface area contributed by atoms with E-state index in [1.54, 1.807) is 0 Å². The number of hydrogen-bond donors (Lipinski definition) is 1. The fourth-order valence-corrected chi connectivity index (χ4v) is 2.00. The Morgan fingerprint density at radius 1 is 1.40 bits per heavy atom. The van der Waals surface area contributed by atoms with E-state index in [9.17, 15) is 5.11 Å². The van der Waals surface area contributed by atoms with Crippen LogP contribution in [0, 0.1) is 5.92 Å². The third kappa shape index (κ3) is 0.856. The molecule has 1 saturated carbocycles. The van der Waals surface area contributed by atoms with Crippen molar-refractivity contribution in [3.8, 4) is 0 Å². The molecule has 0 aromatic carbocycles. The second kappa shape index (κ2) is 2.19. The van der Waals surface area contributed by atoms with Crippen molar-refractivity contribution in [2.75, 3.05) is 0 Å². The van der Waals surface area contributed by atoms with Crippen molar-refractivity contribution in [3.05, 3.63) is 0 Å². The van der Waals surface area contributed by atoms with Crippen molar-refractivity contribution in [2.45, 2.75) is 37.8 Å². The van der Waals surface area contributed by atoms with Gasteiger partial charge in [0, 0.05) is 0 Å². The number of hydrogen-bond acceptors (Lipinski definition) is 2. The average molecular weight is 145 g/mol. The largest absolute Gasteiger partial charge is 0.421 e. The van der Waals surface area contributed by atoms with Gasteiger partial charge in [-0.25, -0.2) is 0 Å². The van der Waals surface area contributed by atoms with Crippen LogP contribution in [0.15, 0.2) is 0 Å². The number of rotatable bonds is 0. The van der Waals surface area contributed by atoms with Crippen LogP contribution in [0.25, 0.3) is 0 Å². The van der Waals surface area contributed by atoms with Crippen LogP contribution in [0.1, 0.15) is 19.3 Å². The lowest BCUT2D eigenvalue weighted by atomic mass is 10.0. The molecule has 4 atom stereocenters. The summed E-state index contributed by atoms with van der Waals surface area (Å²) in [5.74, 6) is 0.470. The SMILES string of the molecule is OC1CCC2CC([OH2+])OC12. The van der Waals surface area contributed by atoms with E-state index in [-0.39, 0.29) is 18.5 Å². The van der Waals surface area contributed by atoms with Gasteiger partial charge >= 0.3 is 0 Å². The van der Waals surface area contributed by atoms with E-state index in [0.717, 1.165) is 19.3 Å². The third-order valence-electron chi connectivity index (χ3n) is 2.52. The standard InChI is InChI=1S/C7H12O3/c8-5-2-1-4-3-6(9)10-7(4)5/h4-9H,1-3H2/p+1. The lowest BCUT2D eigenvalue weighted by molar-refractivity contribution is -0.117. The highest BCUT2D eigenvalue weighted by molar-refractivity contribution is 4.90. The second-order valence-corrected chi connectivity index (χ2v) is 3.23. The van der Waals surface area contributed by atoms with Crippen molar-refractivity contribution >= 4 is 0 Å². The van der Waals surface area contributed by atoms with E-state index < -0.39 is 0 Å². The molecule has 0 bridgehead atoms. The maximum atomic E-state index is 9.31. The molecule has 2 rings (SSSR count). The van der Waals surface area contributed by atoms with Crippen LogP contribution in [0.3, 0.4) is 0 Å². The maximum absolute atomic E-state index is 9.31. The van der Waals surface area contributed by atoms with Gasteiger partial charge in [-0.1, -0.05) is 0 Å². The van der Waals surface area contributed by atoms with Gasteiger partial charge < -0.3 is 14.9 Å². The Morgan fingerprint density at radius 3 is 2.90 bits per heavy atom. The monoisotopic (exact) mass is 145 g/mol. The Kier molecular flexibility index (Phi) is 1.44. The Morgan fingerprint density at radius 2 is 2.20 bits per heavy atom. The van der Waals surface area contributed by atoms with E-state index >= 15 is 0 Å². The van der Waals surface area contributed by atoms with Crippen molar-refractivity contribution in [1.29, 1.82) is 0 Å². The Balaban J connectivity index is 2.05. The summed E-state index contributed by atoms with van der Waals surface area (Å²) in [4.78, 5) is 0. The number of fused-ring (bicyclic) bond motifs is 1. The molecule has 0 amide bonds. The van der Waals surface area contributed by atoms with Gasteiger partial charge in [-0.15, -0.1) is 0 Å². The molecular formula is C7H13O3+. The van der Waals surface area contributed by atoms with Crippen LogP contribution < -0.4 is 0 Å². The summed E-state index contributed by atoms with van der Waals surface area (Å²) < 4.78 is 5.21. The molecule has 1 heterocycles. The molecule has 1 aliphatic heterocycles. The highest BCUT2D eigenvalue weighted by atomic mass is 16.6. The molecule has 0 spiro atoms. The molecule has 0 aromatic rings. The summed E-state index contributed by atoms with van der Waals surface area (Å²) in [5.41, 5.74) is 0. The summed E-state index contributed by atoms with van der Waals surface area (Å²) >= 11 is 0. The first-order valence-electron chi connectivity index (χ1n) is 3.82. The van der Waals surface area contributed by atoms with Crippen molar-refractivity contribution in [2.24, 2.45) is 5.92 Å². The lowest BCUT2D eigenvalue weighted by Crippen LogP contribution is -2.23. The molecule has 1 aliphatic carbocycles. The van der Waals surface area contributed by atoms with Gasteiger partial charge in [0.25, 0.3) is 6.29 Å². The molecule has 3 nitrogen and oxygen atoms in total. The quantitative estimate of drug-likeness (QED) is 0.471. The van der Waals surface area contributed by atoms with Crippen LogP contribution in [0.5, 0.6) is 0 Å². The molecule has 0 radical (unpaired) electrons. The first-order valence-corrected chi connectivity index (χ1v) is 3.82. The predicted octanol–water partition coefficient (Wildman–Crippen LogP) is -0.403. The first kappa shape index (κ1) is 6.58. The zero-order chi connectivity index (χ0) is 7.14. The van der Waals surface area contributed by atoms with Gasteiger partial charge in [0.05, 0.1) is 18.6 Å². The van der Waals surface area contributed by atoms with Gasteiger partial charge in [0.1, 0.15) is 0 Å². The van der Waals surface area contributed by atoms with Crippen molar-refractivity contribution in [1.82, 2.24) is 0 Å². The van der Waals surface area contributed by atoms with Gasteiger partial charge in [0.2, 0.25) is 0 Å². The van der Waals surface area contributed by atoms with Crippen LogP contribution in [-0.2, 0) is 4.74 Å². The highest BCUT2D eigenvalue weighted by Gasteiger charge is 2.45. The minimum atomic E-state index is -0.370. The summed E-state index contributed by atoms with van der Waals surface area (Å²) in [6.07, 6.45) is 2.05. The smallest absolute Gasteiger partial charge is 0.264 e. The van der Waals surface area contributed by atoms with Crippen LogP contribution in [0.2, 0.25) is 0 Å². The van der Waals surface area contributed by atoms with E-state index in [1.165, 1.54) is 0 Å². The Labute approximate surface area is 59.6 Å².